The van der Waals surface area contributed by atoms with Gasteiger partial charge in [-0.15, -0.1) is 9.24 Å². The third-order valence-corrected chi connectivity index (χ3v) is 6.56. The van der Waals surface area contributed by atoms with Crippen LogP contribution in [-0.2, 0) is 6.16 Å². The van der Waals surface area contributed by atoms with E-state index in [0.29, 0.717) is 0 Å². The molecule has 0 fully saturated rings. The molecule has 3 unspecified atom stereocenters. The van der Waals surface area contributed by atoms with E-state index in [2.05, 4.69) is 84.5 Å². The summed E-state index contributed by atoms with van der Waals surface area (Å²) in [5.41, 5.74) is 7.13. The number of nitrogens with one attached hydrogen (secondary N) is 1. The van der Waals surface area contributed by atoms with Crippen molar-refractivity contribution in [3.8, 4) is 0 Å². The molecule has 0 radical (unpaired) electrons. The van der Waals surface area contributed by atoms with Crippen LogP contribution in [-0.4, -0.2) is 0 Å². The minimum absolute atomic E-state index is 0.0992. The molecule has 0 saturated heterocycles. The van der Waals surface area contributed by atoms with Crippen molar-refractivity contribution in [3.63, 3.8) is 0 Å². The van der Waals surface area contributed by atoms with Gasteiger partial charge in [-0.1, -0.05) is 93.8 Å². The first kappa shape index (κ1) is 24.7. The maximum atomic E-state index is 13.6. The van der Waals surface area contributed by atoms with Gasteiger partial charge in [0.25, 0.3) is 0 Å². The van der Waals surface area contributed by atoms with Crippen LogP contribution in [0.1, 0.15) is 36.5 Å². The zero-order valence-electron chi connectivity index (χ0n) is 19.5. The van der Waals surface area contributed by atoms with Gasteiger partial charge in [-0.25, -0.2) is 4.39 Å². The quantitative estimate of drug-likeness (QED) is 0.238. The molecule has 0 aliphatic rings. The summed E-state index contributed by atoms with van der Waals surface area (Å²) in [6.45, 7) is 17.7. The molecule has 0 aromatic heterocycles. The van der Waals surface area contributed by atoms with Crippen molar-refractivity contribution in [2.24, 2.45) is 11.8 Å². The van der Waals surface area contributed by atoms with Crippen molar-refractivity contribution in [1.29, 1.82) is 0 Å². The number of anilines is 1. The minimum Gasteiger partial charge on any atom is -0.359 e. The monoisotopic (exact) mass is 457 g/mol. The van der Waals surface area contributed by atoms with Crippen LogP contribution < -0.4 is 5.32 Å². The molecule has 3 atom stereocenters. The van der Waals surface area contributed by atoms with Gasteiger partial charge in [-0.2, -0.15) is 0 Å². The molecule has 1 nitrogen and oxygen atoms in total. The topological polar surface area (TPSA) is 12.0 Å². The van der Waals surface area contributed by atoms with Gasteiger partial charge in [-0.3, -0.25) is 0 Å². The second kappa shape index (κ2) is 11.3. The zero-order valence-corrected chi connectivity index (χ0v) is 20.7. The molecule has 0 aliphatic carbocycles. The third kappa shape index (κ3) is 6.09. The van der Waals surface area contributed by atoms with Gasteiger partial charge < -0.3 is 5.32 Å². The lowest BCUT2D eigenvalue weighted by Crippen LogP contribution is -2.24. The number of allylic oxidation sites excluding steroid dienone is 2. The Kier molecular flexibility index (Phi) is 8.42. The number of benzene rings is 3. The Balaban J connectivity index is 2.05. The highest BCUT2D eigenvalue weighted by Gasteiger charge is 2.32. The summed E-state index contributed by atoms with van der Waals surface area (Å²) in [5.74, 6) is -0.213. The lowest BCUT2D eigenvalue weighted by atomic mass is 9.72. The number of hydrogen-bond acceptors (Lipinski definition) is 1. The molecule has 0 amide bonds. The Bertz CT molecular complexity index is 1100. The molecular weight excluding hydrogens is 424 g/mol. The third-order valence-electron chi connectivity index (χ3n) is 6.09. The van der Waals surface area contributed by atoms with Crippen molar-refractivity contribution >= 4 is 20.5 Å². The zero-order chi connectivity index (χ0) is 24.0. The molecule has 3 aromatic rings. The van der Waals surface area contributed by atoms with E-state index in [-0.39, 0.29) is 23.6 Å². The molecule has 0 bridgehead atoms. The summed E-state index contributed by atoms with van der Waals surface area (Å²) in [5, 5.41) is 3.53. The summed E-state index contributed by atoms with van der Waals surface area (Å²) in [7, 11) is 2.75. The molecule has 0 aliphatic heterocycles. The van der Waals surface area contributed by atoms with Gasteiger partial charge in [0.05, 0.1) is 0 Å². The van der Waals surface area contributed by atoms with Crippen molar-refractivity contribution in [1.82, 2.24) is 0 Å². The van der Waals surface area contributed by atoms with E-state index < -0.39 is 0 Å². The first-order valence-electron chi connectivity index (χ1n) is 11.2. The second-order valence-corrected chi connectivity index (χ2v) is 9.09. The van der Waals surface area contributed by atoms with Crippen molar-refractivity contribution in [2.45, 2.75) is 25.9 Å². The average molecular weight is 458 g/mol. The van der Waals surface area contributed by atoms with Gasteiger partial charge in [0, 0.05) is 23.2 Å². The molecule has 1 N–H and O–H groups in total. The van der Waals surface area contributed by atoms with Gasteiger partial charge in [0.2, 0.25) is 0 Å². The Labute approximate surface area is 200 Å². The molecule has 3 rings (SSSR count). The van der Waals surface area contributed by atoms with Gasteiger partial charge in [0.15, 0.2) is 0 Å². The highest BCUT2D eigenvalue weighted by Crippen LogP contribution is 2.44. The molecule has 33 heavy (non-hydrogen) atoms. The minimum atomic E-state index is -0.258. The summed E-state index contributed by atoms with van der Waals surface area (Å²) in [6, 6.07) is 25.2. The van der Waals surface area contributed by atoms with E-state index >= 15 is 0 Å². The fourth-order valence-corrected chi connectivity index (χ4v) is 4.36. The SMILES string of the molecule is C=C(Nc1ccc(CP)cc1)C(C(=C)C(C)C)C(C(=C)c1ccc(F)cc1)c1ccccc1. The number of rotatable bonds is 10. The van der Waals surface area contributed by atoms with Crippen LogP contribution in [0.4, 0.5) is 10.1 Å². The van der Waals surface area contributed by atoms with E-state index in [1.54, 1.807) is 12.1 Å². The van der Waals surface area contributed by atoms with Crippen LogP contribution in [0, 0.1) is 17.7 Å². The van der Waals surface area contributed by atoms with Crippen LogP contribution in [0.3, 0.4) is 0 Å². The fourth-order valence-electron chi connectivity index (χ4n) is 4.08. The standard InChI is InChI=1S/C30H33FNP/c1-20(2)21(3)29(23(5)32-28-17-11-24(19-33)12-18-28)30(26-9-7-6-8-10-26)22(4)25-13-15-27(31)16-14-25/h6-18,20,29-30,32H,3-5,19,33H2,1-2H3. The van der Waals surface area contributed by atoms with Crippen LogP contribution in [0.25, 0.3) is 5.57 Å². The Morgan fingerprint density at radius 1 is 0.879 bits per heavy atom. The molecule has 0 heterocycles. The largest absolute Gasteiger partial charge is 0.359 e. The van der Waals surface area contributed by atoms with Crippen LogP contribution in [0.5, 0.6) is 0 Å². The maximum absolute atomic E-state index is 13.6. The first-order chi connectivity index (χ1) is 15.8. The normalized spacial score (nSPS) is 12.8. The fraction of sp³-hybridized carbons (Fsp3) is 0.200. The second-order valence-electron chi connectivity index (χ2n) is 8.68. The number of halogens is 1. The maximum Gasteiger partial charge on any atom is 0.123 e. The smallest absolute Gasteiger partial charge is 0.123 e. The van der Waals surface area contributed by atoms with E-state index in [4.69, 9.17) is 0 Å². The molecular formula is C30H33FNP. The summed E-state index contributed by atoms with van der Waals surface area (Å²) in [6.07, 6.45) is 0.918. The summed E-state index contributed by atoms with van der Waals surface area (Å²) in [4.78, 5) is 0. The van der Waals surface area contributed by atoms with Gasteiger partial charge in [-0.05, 0) is 58.6 Å². The highest BCUT2D eigenvalue weighted by atomic mass is 31.0. The van der Waals surface area contributed by atoms with Crippen molar-refractivity contribution < 1.29 is 4.39 Å². The molecule has 170 valence electrons. The lowest BCUT2D eigenvalue weighted by Gasteiger charge is -2.34. The van der Waals surface area contributed by atoms with Crippen LogP contribution in [0.15, 0.2) is 110 Å². The van der Waals surface area contributed by atoms with Gasteiger partial charge >= 0.3 is 0 Å². The van der Waals surface area contributed by atoms with Crippen LogP contribution in [0.2, 0.25) is 0 Å². The predicted octanol–water partition coefficient (Wildman–Crippen LogP) is 8.45. The molecule has 0 saturated carbocycles. The Hall–Kier alpha value is -2.96. The van der Waals surface area contributed by atoms with Crippen molar-refractivity contribution in [3.05, 3.63) is 132 Å². The number of hydrogen-bond donors (Lipinski definition) is 1. The van der Waals surface area contributed by atoms with E-state index in [9.17, 15) is 4.39 Å². The first-order valence-corrected chi connectivity index (χ1v) is 12.1. The molecule has 0 spiro atoms. The van der Waals surface area contributed by atoms with E-state index in [1.807, 2.05) is 18.2 Å². The predicted molar refractivity (Wildman–Crippen MR) is 145 cm³/mol. The lowest BCUT2D eigenvalue weighted by molar-refractivity contribution is 0.573. The van der Waals surface area contributed by atoms with E-state index in [1.165, 1.54) is 17.7 Å². The van der Waals surface area contributed by atoms with E-state index in [0.717, 1.165) is 39.8 Å². The Morgan fingerprint density at radius 2 is 1.48 bits per heavy atom. The Morgan fingerprint density at radius 3 is 2.03 bits per heavy atom. The molecule has 3 aromatic carbocycles. The van der Waals surface area contributed by atoms with Gasteiger partial charge in [0.1, 0.15) is 5.82 Å². The van der Waals surface area contributed by atoms with Crippen molar-refractivity contribution in [2.75, 3.05) is 5.32 Å². The average Bonchev–Trinajstić information content (AvgIpc) is 2.83. The molecule has 3 heteroatoms. The van der Waals surface area contributed by atoms with Crippen LogP contribution >= 0.6 is 9.24 Å². The summed E-state index contributed by atoms with van der Waals surface area (Å²) < 4.78 is 13.6. The summed E-state index contributed by atoms with van der Waals surface area (Å²) >= 11 is 0. The highest BCUT2D eigenvalue weighted by molar-refractivity contribution is 7.15.